The van der Waals surface area contributed by atoms with Crippen LogP contribution in [-0.2, 0) is 22.2 Å². The standard InChI is InChI=1S/C37H44ClF3N4O2S2/c1-23-28(24-10-13-26(39)14-11-24)20-36(44-21-30(23)37(2,3)25-12-15-31(38)34(17-25)47-4)48-22-29-32(40)18-27(19-33(29)41)49(46)45-16-8-6-5-7-9-35(42)43/h10-15,17-19,21,23,28,45H,5-9,16,20,22H2,1-4H3,(H3,42,43). The molecule has 0 aromatic heterocycles. The van der Waals surface area contributed by atoms with E-state index in [4.69, 9.17) is 32.5 Å². The zero-order chi connectivity index (χ0) is 35.7. The maximum Gasteiger partial charge on any atom is 0.137 e. The average Bonchev–Trinajstić information content (AvgIpc) is 3.22. The smallest absolute Gasteiger partial charge is 0.137 e. The summed E-state index contributed by atoms with van der Waals surface area (Å²) in [6, 6.07) is 14.4. The molecule has 1 aliphatic heterocycles. The van der Waals surface area contributed by atoms with E-state index in [0.29, 0.717) is 35.2 Å². The second-order valence-corrected chi connectivity index (χ2v) is 15.5. The number of nitrogens with two attached hydrogens (primary N) is 1. The van der Waals surface area contributed by atoms with Crippen molar-refractivity contribution in [3.63, 3.8) is 0 Å². The molecule has 0 amide bonds. The van der Waals surface area contributed by atoms with Crippen molar-refractivity contribution < 1.29 is 22.1 Å². The summed E-state index contributed by atoms with van der Waals surface area (Å²) in [5, 5.41) is 8.46. The van der Waals surface area contributed by atoms with Crippen molar-refractivity contribution in [1.82, 2.24) is 4.72 Å². The molecule has 0 radical (unpaired) electrons. The maximum atomic E-state index is 15.3. The van der Waals surface area contributed by atoms with Crippen molar-refractivity contribution in [2.45, 2.75) is 81.3 Å². The SMILES string of the molecule is COc1cc(C(C)(C)C2=CN=C(SCc3c(F)cc(S(=O)NCCCCCCC(=N)N)cc3F)CC(c3ccc(F)cc3)C2C)ccc1Cl. The van der Waals surface area contributed by atoms with Gasteiger partial charge < -0.3 is 10.5 Å². The fourth-order valence-electron chi connectivity index (χ4n) is 6.07. The van der Waals surface area contributed by atoms with E-state index in [9.17, 15) is 8.60 Å². The fraction of sp³-hybridized carbons (Fsp3) is 0.405. The van der Waals surface area contributed by atoms with Gasteiger partial charge in [-0.15, -0.1) is 11.8 Å². The molecule has 49 heavy (non-hydrogen) atoms. The lowest BCUT2D eigenvalue weighted by atomic mass is 9.68. The minimum atomic E-state index is -1.77. The van der Waals surface area contributed by atoms with Gasteiger partial charge in [0.1, 0.15) is 34.2 Å². The molecule has 1 aliphatic rings. The van der Waals surface area contributed by atoms with Crippen LogP contribution in [-0.4, -0.2) is 28.7 Å². The van der Waals surface area contributed by atoms with Gasteiger partial charge in [0.2, 0.25) is 0 Å². The Bertz CT molecular complexity index is 1690. The van der Waals surface area contributed by atoms with Crippen LogP contribution in [0.25, 0.3) is 0 Å². The van der Waals surface area contributed by atoms with Gasteiger partial charge in [-0.1, -0.05) is 63.4 Å². The third-order valence-electron chi connectivity index (χ3n) is 9.05. The molecule has 1 heterocycles. The predicted molar refractivity (Wildman–Crippen MR) is 197 cm³/mol. The lowest BCUT2D eigenvalue weighted by Crippen LogP contribution is -2.27. The number of benzene rings is 3. The number of methoxy groups -OCH3 is 1. The highest BCUT2D eigenvalue weighted by molar-refractivity contribution is 8.13. The fourth-order valence-corrected chi connectivity index (χ4v) is 8.20. The van der Waals surface area contributed by atoms with E-state index in [-0.39, 0.29) is 39.7 Å². The molecular weight excluding hydrogens is 689 g/mol. The van der Waals surface area contributed by atoms with Crippen LogP contribution in [0.15, 0.2) is 76.3 Å². The van der Waals surface area contributed by atoms with Gasteiger partial charge in [-0.25, -0.2) is 22.1 Å². The molecule has 0 saturated heterocycles. The molecule has 0 saturated carbocycles. The van der Waals surface area contributed by atoms with Crippen LogP contribution in [0.4, 0.5) is 13.2 Å². The first-order valence-electron chi connectivity index (χ1n) is 16.3. The van der Waals surface area contributed by atoms with Crippen molar-refractivity contribution in [3.05, 3.63) is 106 Å². The van der Waals surface area contributed by atoms with Crippen molar-refractivity contribution in [1.29, 1.82) is 5.41 Å². The number of hydrogen-bond donors (Lipinski definition) is 3. The lowest BCUT2D eigenvalue weighted by molar-refractivity contribution is 0.411. The van der Waals surface area contributed by atoms with Gasteiger partial charge in [-0.3, -0.25) is 10.4 Å². The van der Waals surface area contributed by atoms with E-state index >= 15 is 8.78 Å². The Kier molecular flexibility index (Phi) is 14.0. The Hall–Kier alpha value is -3.12. The van der Waals surface area contributed by atoms with Crippen molar-refractivity contribution >= 4 is 45.2 Å². The second-order valence-electron chi connectivity index (χ2n) is 12.7. The molecule has 3 unspecified atom stereocenters. The molecule has 264 valence electrons. The van der Waals surface area contributed by atoms with Crippen LogP contribution in [0.5, 0.6) is 5.75 Å². The Morgan fingerprint density at radius 1 is 1.08 bits per heavy atom. The van der Waals surface area contributed by atoms with E-state index < -0.39 is 28.0 Å². The molecule has 12 heteroatoms. The van der Waals surface area contributed by atoms with Gasteiger partial charge in [0, 0.05) is 42.3 Å². The zero-order valence-electron chi connectivity index (χ0n) is 28.3. The van der Waals surface area contributed by atoms with E-state index in [1.54, 1.807) is 19.2 Å². The first-order chi connectivity index (χ1) is 23.3. The van der Waals surface area contributed by atoms with Crippen LogP contribution in [0.2, 0.25) is 5.02 Å². The summed E-state index contributed by atoms with van der Waals surface area (Å²) in [6.45, 7) is 6.77. The molecule has 0 bridgehead atoms. The topological polar surface area (TPSA) is 101 Å². The second kappa shape index (κ2) is 17.7. The number of ether oxygens (including phenoxy) is 1. The first kappa shape index (κ1) is 38.7. The number of unbranched alkanes of at least 4 members (excludes halogenated alkanes) is 3. The number of nitrogens with one attached hydrogen (secondary N) is 2. The number of thioether (sulfide) groups is 1. The molecule has 0 spiro atoms. The summed E-state index contributed by atoms with van der Waals surface area (Å²) in [7, 11) is -0.193. The average molecular weight is 733 g/mol. The zero-order valence-corrected chi connectivity index (χ0v) is 30.6. The van der Waals surface area contributed by atoms with E-state index in [0.717, 1.165) is 54.5 Å². The highest BCUT2D eigenvalue weighted by Crippen LogP contribution is 2.46. The van der Waals surface area contributed by atoms with Gasteiger partial charge in [0.05, 0.1) is 27.9 Å². The van der Waals surface area contributed by atoms with Gasteiger partial charge in [-0.2, -0.15) is 0 Å². The number of allylic oxidation sites excluding steroid dienone is 1. The Labute approximate surface area is 299 Å². The molecule has 0 fully saturated rings. The lowest BCUT2D eigenvalue weighted by Gasteiger charge is -2.35. The highest BCUT2D eigenvalue weighted by Gasteiger charge is 2.36. The number of aliphatic imine (C=N–C) groups is 1. The van der Waals surface area contributed by atoms with E-state index in [1.165, 1.54) is 23.9 Å². The minimum Gasteiger partial charge on any atom is -0.495 e. The summed E-state index contributed by atoms with van der Waals surface area (Å²) < 4.78 is 65.6. The third-order valence-corrected chi connectivity index (χ3v) is 11.5. The molecule has 6 nitrogen and oxygen atoms in total. The largest absolute Gasteiger partial charge is 0.495 e. The first-order valence-corrected chi connectivity index (χ1v) is 18.8. The Morgan fingerprint density at radius 3 is 2.41 bits per heavy atom. The number of amidine groups is 1. The monoisotopic (exact) mass is 732 g/mol. The summed E-state index contributed by atoms with van der Waals surface area (Å²) in [4.78, 5) is 4.89. The van der Waals surface area contributed by atoms with Crippen LogP contribution in [0.3, 0.4) is 0 Å². The van der Waals surface area contributed by atoms with Gasteiger partial charge in [0.15, 0.2) is 0 Å². The predicted octanol–water partition coefficient (Wildman–Crippen LogP) is 9.58. The van der Waals surface area contributed by atoms with Gasteiger partial charge in [0.25, 0.3) is 0 Å². The van der Waals surface area contributed by atoms with Gasteiger partial charge >= 0.3 is 0 Å². The highest BCUT2D eigenvalue weighted by atomic mass is 35.5. The summed E-state index contributed by atoms with van der Waals surface area (Å²) in [6.07, 6.45) is 6.22. The Balaban J connectivity index is 1.52. The molecule has 3 aromatic carbocycles. The summed E-state index contributed by atoms with van der Waals surface area (Å²) >= 11 is 7.58. The van der Waals surface area contributed by atoms with Crippen LogP contribution in [0.1, 0.15) is 81.9 Å². The van der Waals surface area contributed by atoms with Crippen LogP contribution < -0.4 is 15.2 Å². The number of halogens is 4. The summed E-state index contributed by atoms with van der Waals surface area (Å²) in [5.41, 5.74) is 7.71. The minimum absolute atomic E-state index is 0.0113. The van der Waals surface area contributed by atoms with Crippen molar-refractivity contribution in [2.24, 2.45) is 16.6 Å². The molecule has 4 N–H and O–H groups in total. The normalized spacial score (nSPS) is 17.2. The van der Waals surface area contributed by atoms with Crippen molar-refractivity contribution in [3.8, 4) is 5.75 Å². The molecule has 3 atom stereocenters. The van der Waals surface area contributed by atoms with E-state index in [2.05, 4.69) is 25.5 Å². The number of nitrogens with zero attached hydrogens (tertiary/aromatic N) is 1. The van der Waals surface area contributed by atoms with Crippen molar-refractivity contribution in [2.75, 3.05) is 13.7 Å². The quantitative estimate of drug-likeness (QED) is 0.0823. The molecular formula is C37H44ClF3N4O2S2. The van der Waals surface area contributed by atoms with Crippen LogP contribution >= 0.6 is 23.4 Å². The molecule has 0 aliphatic carbocycles. The molecule has 3 aromatic rings. The maximum absolute atomic E-state index is 15.3. The molecule has 4 rings (SSSR count). The van der Waals surface area contributed by atoms with Gasteiger partial charge in [-0.05, 0) is 77.8 Å². The number of hydrogen-bond acceptors (Lipinski definition) is 5. The number of rotatable bonds is 15. The third kappa shape index (κ3) is 10.2. The van der Waals surface area contributed by atoms with E-state index in [1.807, 2.05) is 24.4 Å². The summed E-state index contributed by atoms with van der Waals surface area (Å²) in [5.74, 6) is -1.27. The Morgan fingerprint density at radius 2 is 1.76 bits per heavy atom. The van der Waals surface area contributed by atoms with Crippen LogP contribution in [0, 0.1) is 28.8 Å².